The van der Waals surface area contributed by atoms with Crippen molar-refractivity contribution < 1.29 is 9.59 Å². The number of benzene rings is 1. The van der Waals surface area contributed by atoms with E-state index in [2.05, 4.69) is 15.7 Å². The van der Waals surface area contributed by atoms with Gasteiger partial charge in [-0.05, 0) is 64.3 Å². The van der Waals surface area contributed by atoms with E-state index in [1.165, 1.54) is 0 Å². The lowest BCUT2D eigenvalue weighted by Crippen LogP contribution is -2.29. The van der Waals surface area contributed by atoms with Crippen LogP contribution in [0.25, 0.3) is 0 Å². The zero-order valence-electron chi connectivity index (χ0n) is 16.0. The molecule has 1 saturated carbocycles. The van der Waals surface area contributed by atoms with Gasteiger partial charge in [0.15, 0.2) is 0 Å². The number of aromatic nitrogens is 2. The average Bonchev–Trinajstić information content (AvgIpc) is 3.32. The summed E-state index contributed by atoms with van der Waals surface area (Å²) in [6, 6.07) is 7.22. The molecule has 1 aliphatic carbocycles. The van der Waals surface area contributed by atoms with Gasteiger partial charge in [0.25, 0.3) is 11.8 Å². The Balaban J connectivity index is 1.93. The molecule has 0 aliphatic heterocycles. The zero-order valence-corrected chi connectivity index (χ0v) is 16.0. The third-order valence-corrected chi connectivity index (χ3v) is 4.65. The summed E-state index contributed by atoms with van der Waals surface area (Å²) in [5, 5.41) is 10.3. The largest absolute Gasteiger partial charge is 0.355 e. The second kappa shape index (κ2) is 6.59. The van der Waals surface area contributed by atoms with Crippen LogP contribution < -0.4 is 10.6 Å². The number of carbonyl (C=O) groups excluding carboxylic acids is 2. The highest BCUT2D eigenvalue weighted by Crippen LogP contribution is 2.40. The van der Waals surface area contributed by atoms with Crippen LogP contribution in [0.2, 0.25) is 0 Å². The van der Waals surface area contributed by atoms with Gasteiger partial charge in [-0.2, -0.15) is 5.10 Å². The number of rotatable bonds is 4. The molecule has 26 heavy (non-hydrogen) atoms. The Morgan fingerprint density at radius 2 is 1.88 bits per heavy atom. The van der Waals surface area contributed by atoms with E-state index in [1.54, 1.807) is 29.9 Å². The van der Waals surface area contributed by atoms with Crippen LogP contribution in [0.4, 0.5) is 5.69 Å². The lowest BCUT2D eigenvalue weighted by molar-refractivity contribution is 0.0960. The van der Waals surface area contributed by atoms with E-state index in [0.29, 0.717) is 22.9 Å². The topological polar surface area (TPSA) is 76.0 Å². The molecule has 0 radical (unpaired) electrons. The van der Waals surface area contributed by atoms with Crippen molar-refractivity contribution in [3.63, 3.8) is 0 Å². The minimum Gasteiger partial charge on any atom is -0.355 e. The van der Waals surface area contributed by atoms with Gasteiger partial charge in [-0.15, -0.1) is 0 Å². The molecule has 1 aromatic carbocycles. The van der Waals surface area contributed by atoms with E-state index in [4.69, 9.17) is 0 Å². The van der Waals surface area contributed by atoms with E-state index >= 15 is 0 Å². The first kappa shape index (κ1) is 18.2. The smallest absolute Gasteiger partial charge is 0.273 e. The Kier molecular flexibility index (Phi) is 4.61. The first-order chi connectivity index (χ1) is 12.2. The monoisotopic (exact) mass is 354 g/mol. The predicted molar refractivity (Wildman–Crippen MR) is 102 cm³/mol. The van der Waals surface area contributed by atoms with Gasteiger partial charge in [-0.25, -0.2) is 0 Å². The average molecular weight is 354 g/mol. The molecule has 0 unspecified atom stereocenters. The number of nitrogens with zero attached hydrogens (tertiary/aromatic N) is 2. The fraction of sp³-hybridized carbons (Fsp3) is 0.450. The lowest BCUT2D eigenvalue weighted by atomic mass is 10.1. The minimum atomic E-state index is -0.293. The van der Waals surface area contributed by atoms with E-state index in [-0.39, 0.29) is 17.4 Å². The number of hydrogen-bond donors (Lipinski definition) is 2. The molecule has 6 heteroatoms. The molecule has 0 saturated heterocycles. The second-order valence-corrected chi connectivity index (χ2v) is 7.82. The Morgan fingerprint density at radius 1 is 1.19 bits per heavy atom. The summed E-state index contributed by atoms with van der Waals surface area (Å²) >= 11 is 0. The molecule has 0 spiro atoms. The van der Waals surface area contributed by atoms with Gasteiger partial charge in [-0.3, -0.25) is 14.3 Å². The SMILES string of the molecule is CNC(=O)c1cccc(NC(=O)c2cc(C3CC3)nn2C(C)(C)C)c1C. The molecule has 2 amide bonds. The highest BCUT2D eigenvalue weighted by Gasteiger charge is 2.31. The first-order valence-electron chi connectivity index (χ1n) is 8.96. The Morgan fingerprint density at radius 3 is 2.46 bits per heavy atom. The van der Waals surface area contributed by atoms with Gasteiger partial charge in [0, 0.05) is 24.2 Å². The third kappa shape index (κ3) is 3.49. The van der Waals surface area contributed by atoms with Gasteiger partial charge in [0.2, 0.25) is 0 Å². The van der Waals surface area contributed by atoms with Crippen molar-refractivity contribution in [3.05, 3.63) is 46.8 Å². The van der Waals surface area contributed by atoms with Crippen molar-refractivity contribution in [2.75, 3.05) is 12.4 Å². The maximum atomic E-state index is 13.0. The van der Waals surface area contributed by atoms with Gasteiger partial charge in [0.05, 0.1) is 11.2 Å². The standard InChI is InChI=1S/C20H26N4O2/c1-12-14(18(25)21-5)7-6-8-15(12)22-19(26)17-11-16(13-9-10-13)23-24(17)20(2,3)4/h6-8,11,13H,9-10H2,1-5H3,(H,21,25)(H,22,26). The minimum absolute atomic E-state index is 0.172. The fourth-order valence-corrected chi connectivity index (χ4v) is 2.99. The van der Waals surface area contributed by atoms with Crippen LogP contribution in [0.5, 0.6) is 0 Å². The summed E-state index contributed by atoms with van der Waals surface area (Å²) in [5.41, 5.74) is 3.16. The van der Waals surface area contributed by atoms with Crippen molar-refractivity contribution in [2.45, 2.75) is 52.0 Å². The third-order valence-electron chi connectivity index (χ3n) is 4.65. The second-order valence-electron chi connectivity index (χ2n) is 7.82. The van der Waals surface area contributed by atoms with Crippen molar-refractivity contribution in [1.29, 1.82) is 0 Å². The predicted octanol–water partition coefficient (Wildman–Crippen LogP) is 3.44. The number of nitrogens with one attached hydrogen (secondary N) is 2. The van der Waals surface area contributed by atoms with Gasteiger partial charge >= 0.3 is 0 Å². The molecule has 2 N–H and O–H groups in total. The molecule has 1 aliphatic rings. The zero-order chi connectivity index (χ0) is 19.1. The van der Waals surface area contributed by atoms with Crippen molar-refractivity contribution in [1.82, 2.24) is 15.1 Å². The van der Waals surface area contributed by atoms with Crippen LogP contribution in [-0.4, -0.2) is 28.6 Å². The van der Waals surface area contributed by atoms with Crippen LogP contribution in [-0.2, 0) is 5.54 Å². The summed E-state index contributed by atoms with van der Waals surface area (Å²) in [4.78, 5) is 24.9. The van der Waals surface area contributed by atoms with E-state index in [9.17, 15) is 9.59 Å². The normalized spacial score (nSPS) is 14.2. The Labute approximate surface area is 154 Å². The van der Waals surface area contributed by atoms with Crippen LogP contribution in [0, 0.1) is 6.92 Å². The number of hydrogen-bond acceptors (Lipinski definition) is 3. The summed E-state index contributed by atoms with van der Waals surface area (Å²) < 4.78 is 1.80. The van der Waals surface area contributed by atoms with E-state index in [1.807, 2.05) is 33.8 Å². The molecule has 138 valence electrons. The quantitative estimate of drug-likeness (QED) is 0.883. The van der Waals surface area contributed by atoms with Crippen LogP contribution in [0.15, 0.2) is 24.3 Å². The highest BCUT2D eigenvalue weighted by atomic mass is 16.2. The molecular weight excluding hydrogens is 328 g/mol. The lowest BCUT2D eigenvalue weighted by Gasteiger charge is -2.22. The summed E-state index contributed by atoms with van der Waals surface area (Å²) in [5.74, 6) is 0.0919. The fourth-order valence-electron chi connectivity index (χ4n) is 2.99. The maximum Gasteiger partial charge on any atom is 0.273 e. The van der Waals surface area contributed by atoms with Gasteiger partial charge in [-0.1, -0.05) is 6.07 Å². The molecule has 1 heterocycles. The van der Waals surface area contributed by atoms with Gasteiger partial charge in [0.1, 0.15) is 5.69 Å². The molecule has 1 fully saturated rings. The first-order valence-corrected chi connectivity index (χ1v) is 8.96. The molecule has 2 aromatic rings. The van der Waals surface area contributed by atoms with Crippen molar-refractivity contribution in [3.8, 4) is 0 Å². The number of anilines is 1. The summed E-state index contributed by atoms with van der Waals surface area (Å²) in [6.45, 7) is 7.93. The number of amides is 2. The Bertz CT molecular complexity index is 857. The molecule has 6 nitrogen and oxygen atoms in total. The van der Waals surface area contributed by atoms with Crippen LogP contribution in [0.1, 0.15) is 71.6 Å². The van der Waals surface area contributed by atoms with Gasteiger partial charge < -0.3 is 10.6 Å². The van der Waals surface area contributed by atoms with Crippen molar-refractivity contribution in [2.24, 2.45) is 0 Å². The molecule has 0 bridgehead atoms. The molecule has 0 atom stereocenters. The van der Waals surface area contributed by atoms with Crippen molar-refractivity contribution >= 4 is 17.5 Å². The Hall–Kier alpha value is -2.63. The van der Waals surface area contributed by atoms with Crippen LogP contribution in [0.3, 0.4) is 0 Å². The molecular formula is C20H26N4O2. The molecule has 3 rings (SSSR count). The molecule has 1 aromatic heterocycles. The van der Waals surface area contributed by atoms with E-state index in [0.717, 1.165) is 24.1 Å². The maximum absolute atomic E-state index is 13.0. The summed E-state index contributed by atoms with van der Waals surface area (Å²) in [6.07, 6.45) is 2.27. The van der Waals surface area contributed by atoms with Crippen LogP contribution >= 0.6 is 0 Å². The highest BCUT2D eigenvalue weighted by molar-refractivity contribution is 6.05. The van der Waals surface area contributed by atoms with E-state index < -0.39 is 0 Å². The summed E-state index contributed by atoms with van der Waals surface area (Å²) in [7, 11) is 1.59. The number of carbonyl (C=O) groups is 2.